The molecule has 4 aromatic rings. The van der Waals surface area contributed by atoms with Crippen molar-refractivity contribution in [3.05, 3.63) is 109 Å². The predicted octanol–water partition coefficient (Wildman–Crippen LogP) is 5.01. The average Bonchev–Trinajstić information content (AvgIpc) is 2.88. The smallest absolute Gasteiger partial charge is 0.127 e. The maximum atomic E-state index is 10.4. The third kappa shape index (κ3) is 6.12. The molecule has 0 aromatic heterocycles. The van der Waals surface area contributed by atoms with E-state index in [-0.39, 0.29) is 6.61 Å². The molecular weight excluding hydrogens is 439 g/mol. The van der Waals surface area contributed by atoms with Gasteiger partial charge in [-0.15, -0.1) is 0 Å². The highest BCUT2D eigenvalue weighted by atomic mass is 31.1. The zero-order valence-corrected chi connectivity index (χ0v) is 20.3. The van der Waals surface area contributed by atoms with E-state index < -0.39 is 20.1 Å². The van der Waals surface area contributed by atoms with Gasteiger partial charge in [-0.3, -0.25) is 0 Å². The Kier molecular flexibility index (Phi) is 8.49. The topological polar surface area (TPSA) is 49.7 Å². The molecule has 0 aliphatic heterocycles. The van der Waals surface area contributed by atoms with Gasteiger partial charge in [-0.2, -0.15) is 0 Å². The summed E-state index contributed by atoms with van der Waals surface area (Å²) in [6.45, 7) is 1.92. The summed E-state index contributed by atoms with van der Waals surface area (Å²) in [5.74, 6) is 0.763. The van der Waals surface area contributed by atoms with Crippen molar-refractivity contribution in [2.45, 2.75) is 32.0 Å². The fourth-order valence-corrected chi connectivity index (χ4v) is 6.50. The number of aliphatic hydroxyl groups excluding tert-OH is 2. The van der Waals surface area contributed by atoms with Gasteiger partial charge >= 0.3 is 0 Å². The number of hydrogen-bond donors (Lipinski definition) is 2. The fourth-order valence-electron chi connectivity index (χ4n) is 4.01. The first kappa shape index (κ1) is 24.2. The number of ether oxygens (including phenoxy) is 1. The lowest BCUT2D eigenvalue weighted by atomic mass is 10.0. The summed E-state index contributed by atoms with van der Waals surface area (Å²) in [6.07, 6.45) is -0.0212. The highest BCUT2D eigenvalue weighted by Gasteiger charge is 2.23. The van der Waals surface area contributed by atoms with Crippen LogP contribution in [0.4, 0.5) is 0 Å². The maximum Gasteiger partial charge on any atom is 0.127 e. The maximum absolute atomic E-state index is 10.4. The van der Waals surface area contributed by atoms with Crippen LogP contribution < -0.4 is 20.7 Å². The van der Waals surface area contributed by atoms with Crippen LogP contribution in [0.5, 0.6) is 5.75 Å². The van der Waals surface area contributed by atoms with Crippen molar-refractivity contribution in [2.75, 3.05) is 6.61 Å². The molecule has 0 radical (unpaired) electrons. The highest BCUT2D eigenvalue weighted by molar-refractivity contribution is 7.80. The van der Waals surface area contributed by atoms with Crippen molar-refractivity contribution in [3.8, 4) is 16.9 Å². The molecule has 0 saturated heterocycles. The summed E-state index contributed by atoms with van der Waals surface area (Å²) < 4.78 is 6.23. The van der Waals surface area contributed by atoms with E-state index in [0.29, 0.717) is 12.8 Å². The Bertz CT molecular complexity index is 1110. The average molecular weight is 471 g/mol. The molecule has 34 heavy (non-hydrogen) atoms. The second kappa shape index (κ2) is 11.9. The van der Waals surface area contributed by atoms with Crippen LogP contribution in [0.2, 0.25) is 0 Å². The van der Waals surface area contributed by atoms with Crippen molar-refractivity contribution in [1.82, 2.24) is 0 Å². The zero-order valence-electron chi connectivity index (χ0n) is 19.4. The second-order valence-electron chi connectivity index (χ2n) is 8.41. The lowest BCUT2D eigenvalue weighted by Crippen LogP contribution is -2.24. The molecule has 4 rings (SSSR count). The third-order valence-corrected chi connectivity index (χ3v) is 8.17. The van der Waals surface area contributed by atoms with Gasteiger partial charge in [-0.05, 0) is 55.2 Å². The Hall–Kier alpha value is -2.97. The summed E-state index contributed by atoms with van der Waals surface area (Å²) >= 11 is 0. The normalized spacial score (nSPS) is 12.9. The molecule has 0 fully saturated rings. The summed E-state index contributed by atoms with van der Waals surface area (Å²) in [7, 11) is -0.824. The van der Waals surface area contributed by atoms with Crippen molar-refractivity contribution in [1.29, 1.82) is 0 Å². The molecule has 0 aliphatic carbocycles. The largest absolute Gasteiger partial charge is 0.490 e. The monoisotopic (exact) mass is 470 g/mol. The van der Waals surface area contributed by atoms with Crippen LogP contribution in [0.15, 0.2) is 109 Å². The molecule has 0 saturated carbocycles. The first-order valence-corrected chi connectivity index (χ1v) is 13.0. The van der Waals surface area contributed by atoms with E-state index in [2.05, 4.69) is 66.7 Å². The number of benzene rings is 4. The van der Waals surface area contributed by atoms with Gasteiger partial charge in [-0.1, -0.05) is 103 Å². The molecule has 0 amide bonds. The standard InChI is InChI=1S/C30H31O3P/c1-23(31)20-21-25(32)22-33-28-18-11-19-29(30(28)24-12-5-2-6-13-24)34(26-14-7-3-8-15-26)27-16-9-4-10-17-27/h2-19,23,25,31-32H,20-22H2,1H3/t23-,25-/m1/s1. The molecule has 0 unspecified atom stereocenters. The molecule has 4 aromatic carbocycles. The van der Waals surface area contributed by atoms with Crippen LogP contribution >= 0.6 is 7.92 Å². The molecule has 2 atom stereocenters. The number of aliphatic hydroxyl groups is 2. The second-order valence-corrected chi connectivity index (χ2v) is 10.6. The minimum absolute atomic E-state index is 0.185. The third-order valence-electron chi connectivity index (χ3n) is 5.69. The Morgan fingerprint density at radius 2 is 1.24 bits per heavy atom. The number of hydrogen-bond acceptors (Lipinski definition) is 3. The van der Waals surface area contributed by atoms with Crippen molar-refractivity contribution in [2.24, 2.45) is 0 Å². The quantitative estimate of drug-likeness (QED) is 0.320. The Labute approximate surface area is 203 Å². The molecule has 2 N–H and O–H groups in total. The van der Waals surface area contributed by atoms with Gasteiger partial charge in [0, 0.05) is 5.56 Å². The SMILES string of the molecule is C[C@@H](O)CC[C@@H](O)COc1cccc(P(c2ccccc2)c2ccccc2)c1-c1ccccc1. The van der Waals surface area contributed by atoms with Crippen molar-refractivity contribution in [3.63, 3.8) is 0 Å². The van der Waals surface area contributed by atoms with Gasteiger partial charge < -0.3 is 14.9 Å². The summed E-state index contributed by atoms with van der Waals surface area (Å²) in [5, 5.41) is 23.7. The van der Waals surface area contributed by atoms with Gasteiger partial charge in [0.2, 0.25) is 0 Å². The molecular formula is C30H31O3P. The van der Waals surface area contributed by atoms with Crippen LogP contribution in [-0.2, 0) is 0 Å². The van der Waals surface area contributed by atoms with E-state index in [1.807, 2.05) is 42.5 Å². The van der Waals surface area contributed by atoms with E-state index >= 15 is 0 Å². The molecule has 0 aliphatic rings. The van der Waals surface area contributed by atoms with Gasteiger partial charge in [-0.25, -0.2) is 0 Å². The zero-order chi connectivity index (χ0) is 23.8. The van der Waals surface area contributed by atoms with E-state index in [0.717, 1.165) is 16.9 Å². The van der Waals surface area contributed by atoms with Crippen molar-refractivity contribution >= 4 is 23.8 Å². The highest BCUT2D eigenvalue weighted by Crippen LogP contribution is 2.40. The van der Waals surface area contributed by atoms with Crippen LogP contribution in [-0.4, -0.2) is 29.0 Å². The molecule has 4 heteroatoms. The van der Waals surface area contributed by atoms with Crippen LogP contribution in [0.25, 0.3) is 11.1 Å². The predicted molar refractivity (Wildman–Crippen MR) is 143 cm³/mol. The van der Waals surface area contributed by atoms with Gasteiger partial charge in [0.25, 0.3) is 0 Å². The molecule has 0 heterocycles. The lowest BCUT2D eigenvalue weighted by Gasteiger charge is -2.25. The Morgan fingerprint density at radius 3 is 1.79 bits per heavy atom. The molecule has 3 nitrogen and oxygen atoms in total. The van der Waals surface area contributed by atoms with E-state index in [4.69, 9.17) is 4.74 Å². The van der Waals surface area contributed by atoms with Crippen LogP contribution in [0, 0.1) is 0 Å². The van der Waals surface area contributed by atoms with Crippen LogP contribution in [0.3, 0.4) is 0 Å². The van der Waals surface area contributed by atoms with Crippen molar-refractivity contribution < 1.29 is 14.9 Å². The minimum Gasteiger partial charge on any atom is -0.490 e. The van der Waals surface area contributed by atoms with Crippen LogP contribution in [0.1, 0.15) is 19.8 Å². The van der Waals surface area contributed by atoms with E-state index in [1.54, 1.807) is 6.92 Å². The molecule has 0 bridgehead atoms. The fraction of sp³-hybridized carbons (Fsp3) is 0.200. The Morgan fingerprint density at radius 1 is 0.676 bits per heavy atom. The number of rotatable bonds is 10. The first-order valence-electron chi connectivity index (χ1n) is 11.7. The van der Waals surface area contributed by atoms with Gasteiger partial charge in [0.05, 0.1) is 12.2 Å². The summed E-state index contributed by atoms with van der Waals surface area (Å²) in [6, 6.07) is 37.8. The van der Waals surface area contributed by atoms with Gasteiger partial charge in [0.15, 0.2) is 0 Å². The minimum atomic E-state index is -0.824. The van der Waals surface area contributed by atoms with E-state index in [9.17, 15) is 10.2 Å². The molecule has 0 spiro atoms. The first-order chi connectivity index (χ1) is 16.6. The summed E-state index contributed by atoms with van der Waals surface area (Å²) in [5.41, 5.74) is 2.15. The van der Waals surface area contributed by atoms with Gasteiger partial charge in [0.1, 0.15) is 12.4 Å². The Balaban J connectivity index is 1.79. The van der Waals surface area contributed by atoms with E-state index in [1.165, 1.54) is 15.9 Å². The molecule has 174 valence electrons. The lowest BCUT2D eigenvalue weighted by molar-refractivity contribution is 0.0812. The summed E-state index contributed by atoms with van der Waals surface area (Å²) in [4.78, 5) is 0.